The zero-order chi connectivity index (χ0) is 23.3. The van der Waals surface area contributed by atoms with Gasteiger partial charge < -0.3 is 10.1 Å². The Kier molecular flexibility index (Phi) is 8.14. The molecule has 0 atom stereocenters. The number of nitrogens with one attached hydrogen (secondary N) is 1. The molecule has 1 aromatic heterocycles. The maximum Gasteiger partial charge on any atom is 0.341 e. The van der Waals surface area contributed by atoms with Gasteiger partial charge in [-0.25, -0.2) is 4.79 Å². The van der Waals surface area contributed by atoms with Gasteiger partial charge in [-0.3, -0.25) is 14.5 Å². The SMILES string of the molecule is CCOC(=O)c1c(NC(=O)CN(C)Cc2ccc(C(C)(C)C)cc2)sc(C(C)=O)c1C. The molecular formula is C24H32N2O4S. The minimum atomic E-state index is -0.536. The molecule has 0 aliphatic heterocycles. The van der Waals surface area contributed by atoms with Crippen LogP contribution >= 0.6 is 11.3 Å². The van der Waals surface area contributed by atoms with Crippen molar-refractivity contribution in [2.45, 2.75) is 53.5 Å². The van der Waals surface area contributed by atoms with Crippen molar-refractivity contribution in [3.63, 3.8) is 0 Å². The summed E-state index contributed by atoms with van der Waals surface area (Å²) in [5.74, 6) is -0.938. The lowest BCUT2D eigenvalue weighted by atomic mass is 9.87. The van der Waals surface area contributed by atoms with Crippen LogP contribution in [-0.2, 0) is 21.5 Å². The number of rotatable bonds is 8. The van der Waals surface area contributed by atoms with Crippen LogP contribution in [0.2, 0.25) is 0 Å². The lowest BCUT2D eigenvalue weighted by Gasteiger charge is -2.20. The van der Waals surface area contributed by atoms with E-state index in [2.05, 4.69) is 50.4 Å². The molecule has 0 fully saturated rings. The van der Waals surface area contributed by atoms with Gasteiger partial charge in [-0.15, -0.1) is 11.3 Å². The van der Waals surface area contributed by atoms with Crippen molar-refractivity contribution in [1.82, 2.24) is 4.90 Å². The quantitative estimate of drug-likeness (QED) is 0.467. The van der Waals surface area contributed by atoms with Crippen molar-refractivity contribution in [2.75, 3.05) is 25.5 Å². The van der Waals surface area contributed by atoms with Gasteiger partial charge in [0.05, 0.1) is 23.6 Å². The van der Waals surface area contributed by atoms with Gasteiger partial charge in [0.25, 0.3) is 0 Å². The first-order valence-corrected chi connectivity index (χ1v) is 11.1. The number of carbonyl (C=O) groups is 3. The van der Waals surface area contributed by atoms with Crippen LogP contribution in [0.15, 0.2) is 24.3 Å². The summed E-state index contributed by atoms with van der Waals surface area (Å²) in [7, 11) is 1.87. The van der Waals surface area contributed by atoms with E-state index in [1.54, 1.807) is 13.8 Å². The molecule has 1 amide bonds. The van der Waals surface area contributed by atoms with Gasteiger partial charge in [0.2, 0.25) is 5.91 Å². The number of ketones is 1. The molecule has 2 aromatic rings. The number of thiophene rings is 1. The first-order chi connectivity index (χ1) is 14.4. The van der Waals surface area contributed by atoms with E-state index in [4.69, 9.17) is 4.74 Å². The summed E-state index contributed by atoms with van der Waals surface area (Å²) in [6.45, 7) is 12.4. The van der Waals surface area contributed by atoms with Gasteiger partial charge in [0.15, 0.2) is 5.78 Å². The zero-order valence-corrected chi connectivity index (χ0v) is 20.2. The predicted octanol–water partition coefficient (Wildman–Crippen LogP) is 4.80. The van der Waals surface area contributed by atoms with E-state index in [0.29, 0.717) is 22.0 Å². The lowest BCUT2D eigenvalue weighted by Crippen LogP contribution is -2.30. The number of carbonyl (C=O) groups excluding carboxylic acids is 3. The van der Waals surface area contributed by atoms with Crippen molar-refractivity contribution in [3.8, 4) is 0 Å². The maximum absolute atomic E-state index is 12.6. The van der Waals surface area contributed by atoms with Crippen molar-refractivity contribution in [1.29, 1.82) is 0 Å². The molecule has 1 heterocycles. The second-order valence-electron chi connectivity index (χ2n) is 8.70. The second-order valence-corrected chi connectivity index (χ2v) is 9.72. The highest BCUT2D eigenvalue weighted by molar-refractivity contribution is 7.18. The van der Waals surface area contributed by atoms with Crippen molar-refractivity contribution in [3.05, 3.63) is 51.4 Å². The Morgan fingerprint density at radius 3 is 2.26 bits per heavy atom. The number of Topliss-reactive ketones (excluding diaryl/α,β-unsaturated/α-hetero) is 1. The number of ether oxygens (including phenoxy) is 1. The first-order valence-electron chi connectivity index (χ1n) is 10.3. The minimum absolute atomic E-state index is 0.0957. The fraction of sp³-hybridized carbons (Fsp3) is 0.458. The average Bonchev–Trinajstić information content (AvgIpc) is 2.97. The van der Waals surface area contributed by atoms with Crippen molar-refractivity contribution in [2.24, 2.45) is 0 Å². The third-order valence-corrected chi connectivity index (χ3v) is 6.19. The number of amides is 1. The Morgan fingerprint density at radius 2 is 1.74 bits per heavy atom. The predicted molar refractivity (Wildman–Crippen MR) is 125 cm³/mol. The molecule has 0 bridgehead atoms. The Morgan fingerprint density at radius 1 is 1.13 bits per heavy atom. The summed E-state index contributed by atoms with van der Waals surface area (Å²) in [6.07, 6.45) is 0. The van der Waals surface area contributed by atoms with Crippen molar-refractivity contribution >= 4 is 34.0 Å². The Labute approximate surface area is 188 Å². The van der Waals surface area contributed by atoms with Crippen LogP contribution in [-0.4, -0.2) is 42.8 Å². The number of esters is 1. The Hall–Kier alpha value is -2.51. The largest absolute Gasteiger partial charge is 0.462 e. The van der Waals surface area contributed by atoms with E-state index in [1.165, 1.54) is 12.5 Å². The maximum atomic E-state index is 12.6. The monoisotopic (exact) mass is 444 g/mol. The molecule has 0 radical (unpaired) electrons. The zero-order valence-electron chi connectivity index (χ0n) is 19.4. The van der Waals surface area contributed by atoms with Gasteiger partial charge >= 0.3 is 5.97 Å². The normalized spacial score (nSPS) is 11.5. The lowest BCUT2D eigenvalue weighted by molar-refractivity contribution is -0.117. The van der Waals surface area contributed by atoms with E-state index in [-0.39, 0.29) is 35.8 Å². The molecule has 2 rings (SSSR count). The van der Waals surface area contributed by atoms with Crippen molar-refractivity contribution < 1.29 is 19.1 Å². The molecule has 0 saturated heterocycles. The van der Waals surface area contributed by atoms with Gasteiger partial charge in [-0.1, -0.05) is 45.0 Å². The Bertz CT molecular complexity index is 955. The van der Waals surface area contributed by atoms with Crippen LogP contribution in [0.3, 0.4) is 0 Å². The molecule has 1 aromatic carbocycles. The molecule has 0 unspecified atom stereocenters. The molecule has 168 valence electrons. The third-order valence-electron chi connectivity index (χ3n) is 4.89. The van der Waals surface area contributed by atoms with Crippen LogP contribution in [0.25, 0.3) is 0 Å². The minimum Gasteiger partial charge on any atom is -0.462 e. The van der Waals surface area contributed by atoms with Crippen LogP contribution in [0.5, 0.6) is 0 Å². The van der Waals surface area contributed by atoms with Gasteiger partial charge in [0.1, 0.15) is 5.00 Å². The van der Waals surface area contributed by atoms with E-state index in [9.17, 15) is 14.4 Å². The van der Waals surface area contributed by atoms with Crippen LogP contribution in [0.4, 0.5) is 5.00 Å². The van der Waals surface area contributed by atoms with Crippen LogP contribution in [0.1, 0.15) is 71.3 Å². The Balaban J connectivity index is 2.08. The van der Waals surface area contributed by atoms with E-state index in [1.807, 2.05) is 11.9 Å². The summed E-state index contributed by atoms with van der Waals surface area (Å²) in [5, 5.41) is 3.15. The van der Waals surface area contributed by atoms with E-state index in [0.717, 1.165) is 16.9 Å². The van der Waals surface area contributed by atoms with Gasteiger partial charge in [0, 0.05) is 6.54 Å². The van der Waals surface area contributed by atoms with Gasteiger partial charge in [-0.05, 0) is 49.9 Å². The standard InChI is InChI=1S/C24H32N2O4S/c1-8-30-23(29)20-15(2)21(16(3)27)31-22(20)25-19(28)14-26(7)13-17-9-11-18(12-10-17)24(4,5)6/h9-12H,8,13-14H2,1-7H3,(H,25,28). The summed E-state index contributed by atoms with van der Waals surface area (Å²) in [6, 6.07) is 8.39. The van der Waals surface area contributed by atoms with Crippen LogP contribution < -0.4 is 5.32 Å². The smallest absolute Gasteiger partial charge is 0.341 e. The molecule has 6 nitrogen and oxygen atoms in total. The number of benzene rings is 1. The first kappa shape index (κ1) is 24.8. The number of hydrogen-bond acceptors (Lipinski definition) is 6. The fourth-order valence-corrected chi connectivity index (χ4v) is 4.38. The van der Waals surface area contributed by atoms with Crippen LogP contribution in [0, 0.1) is 6.92 Å². The number of nitrogens with zero attached hydrogens (tertiary/aromatic N) is 1. The van der Waals surface area contributed by atoms with Gasteiger partial charge in [-0.2, -0.15) is 0 Å². The molecule has 1 N–H and O–H groups in total. The molecule has 7 heteroatoms. The second kappa shape index (κ2) is 10.2. The highest BCUT2D eigenvalue weighted by Crippen LogP contribution is 2.34. The van der Waals surface area contributed by atoms with E-state index >= 15 is 0 Å². The fourth-order valence-electron chi connectivity index (χ4n) is 3.28. The summed E-state index contributed by atoms with van der Waals surface area (Å²) >= 11 is 1.11. The molecule has 0 aliphatic carbocycles. The summed E-state index contributed by atoms with van der Waals surface area (Å²) in [5.41, 5.74) is 3.27. The molecule has 31 heavy (non-hydrogen) atoms. The average molecular weight is 445 g/mol. The number of likely N-dealkylation sites (N-methyl/N-ethyl adjacent to an activating group) is 1. The highest BCUT2D eigenvalue weighted by Gasteiger charge is 2.25. The highest BCUT2D eigenvalue weighted by atomic mass is 32.1. The number of anilines is 1. The van der Waals surface area contributed by atoms with E-state index < -0.39 is 5.97 Å². The molecular weight excluding hydrogens is 412 g/mol. The molecule has 0 saturated carbocycles. The topological polar surface area (TPSA) is 75.7 Å². The molecule has 0 aliphatic rings. The number of hydrogen-bond donors (Lipinski definition) is 1. The molecule has 0 spiro atoms. The summed E-state index contributed by atoms with van der Waals surface area (Å²) in [4.78, 5) is 39.3. The summed E-state index contributed by atoms with van der Waals surface area (Å²) < 4.78 is 5.11. The third kappa shape index (κ3) is 6.48.